The van der Waals surface area contributed by atoms with E-state index in [1.54, 1.807) is 6.08 Å². The number of amides is 1. The van der Waals surface area contributed by atoms with E-state index < -0.39 is 16.9 Å². The highest BCUT2D eigenvalue weighted by Gasteiger charge is 2.52. The van der Waals surface area contributed by atoms with E-state index in [1.807, 2.05) is 6.07 Å². The van der Waals surface area contributed by atoms with Crippen molar-refractivity contribution < 1.29 is 19.2 Å². The number of benzene rings is 1. The van der Waals surface area contributed by atoms with Crippen LogP contribution in [0.2, 0.25) is 0 Å². The Hall–Kier alpha value is -2.97. The highest BCUT2D eigenvalue weighted by atomic mass is 32.2. The number of nitro benzene ring substituents is 1. The Bertz CT molecular complexity index is 925. The van der Waals surface area contributed by atoms with Gasteiger partial charge in [0.05, 0.1) is 16.0 Å². The van der Waals surface area contributed by atoms with Crippen molar-refractivity contribution in [2.24, 2.45) is 0 Å². The maximum atomic E-state index is 12.5. The highest BCUT2D eigenvalue weighted by molar-refractivity contribution is 8.00. The number of esters is 1. The molecule has 1 amide bonds. The monoisotopic (exact) mass is 432 g/mol. The first-order valence-electron chi connectivity index (χ1n) is 8.64. The summed E-state index contributed by atoms with van der Waals surface area (Å²) < 4.78 is 5.28. The van der Waals surface area contributed by atoms with Gasteiger partial charge in [-0.25, -0.2) is 4.79 Å². The number of nitrogens with one attached hydrogen (secondary N) is 1. The molecule has 3 rings (SSSR count). The summed E-state index contributed by atoms with van der Waals surface area (Å²) in [4.78, 5) is 37.0. The van der Waals surface area contributed by atoms with Crippen LogP contribution in [-0.4, -0.2) is 43.9 Å². The second-order valence-electron chi connectivity index (χ2n) is 6.22. The molecule has 2 aliphatic rings. The normalized spacial score (nSPS) is 19.9. The molecule has 0 radical (unpaired) electrons. The van der Waals surface area contributed by atoms with Crippen LogP contribution in [0.25, 0.3) is 0 Å². The number of carbonyl (C=O) groups excluding carboxylic acids is 2. The minimum absolute atomic E-state index is 0.0488. The van der Waals surface area contributed by atoms with Gasteiger partial charge in [-0.05, 0) is 23.8 Å². The van der Waals surface area contributed by atoms with Gasteiger partial charge in [0, 0.05) is 30.7 Å². The number of hydrogen-bond donors (Lipinski definition) is 1. The molecular weight excluding hydrogens is 416 g/mol. The van der Waals surface area contributed by atoms with Gasteiger partial charge in [0.15, 0.2) is 0 Å². The summed E-state index contributed by atoms with van der Waals surface area (Å²) in [6, 6.07) is 7.16. The van der Waals surface area contributed by atoms with Crippen LogP contribution in [0.3, 0.4) is 0 Å². The van der Waals surface area contributed by atoms with Crippen molar-refractivity contribution in [1.29, 1.82) is 5.26 Å². The molecule has 1 aromatic carbocycles. The zero-order chi connectivity index (χ0) is 21.0. The minimum Gasteiger partial charge on any atom is -0.456 e. The molecule has 1 fully saturated rings. The molecule has 0 aliphatic carbocycles. The van der Waals surface area contributed by atoms with E-state index in [0.717, 1.165) is 0 Å². The van der Waals surface area contributed by atoms with Gasteiger partial charge in [-0.2, -0.15) is 5.26 Å². The second-order valence-corrected chi connectivity index (χ2v) is 7.87. The fourth-order valence-electron chi connectivity index (χ4n) is 2.88. The molecule has 1 N–H and O–H groups in total. The topological polar surface area (TPSA) is 126 Å². The van der Waals surface area contributed by atoms with Gasteiger partial charge >= 0.3 is 5.97 Å². The summed E-state index contributed by atoms with van der Waals surface area (Å²) in [6.45, 7) is -0.0616. The lowest BCUT2D eigenvalue weighted by molar-refractivity contribution is -0.384. The van der Waals surface area contributed by atoms with Crippen molar-refractivity contribution >= 4 is 46.5 Å². The summed E-state index contributed by atoms with van der Waals surface area (Å²) in [6.07, 6.45) is 2.29. The Morgan fingerprint density at radius 2 is 2.17 bits per heavy atom. The van der Waals surface area contributed by atoms with Gasteiger partial charge in [-0.1, -0.05) is 12.2 Å². The largest absolute Gasteiger partial charge is 0.456 e. The fraction of sp³-hybridized carbons (Fsp3) is 0.333. The second kappa shape index (κ2) is 9.02. The van der Waals surface area contributed by atoms with Crippen LogP contribution in [0.5, 0.6) is 0 Å². The zero-order valence-corrected chi connectivity index (χ0v) is 16.7. The minimum atomic E-state index is -0.632. The van der Waals surface area contributed by atoms with Crippen molar-refractivity contribution in [1.82, 2.24) is 10.2 Å². The molecule has 0 bridgehead atoms. The van der Waals surface area contributed by atoms with E-state index in [2.05, 4.69) is 5.32 Å². The van der Waals surface area contributed by atoms with E-state index in [0.29, 0.717) is 22.7 Å². The third-order valence-electron chi connectivity index (χ3n) is 4.35. The van der Waals surface area contributed by atoms with Crippen LogP contribution in [0, 0.1) is 21.4 Å². The average Bonchev–Trinajstić information content (AvgIpc) is 2.73. The van der Waals surface area contributed by atoms with Gasteiger partial charge in [0.2, 0.25) is 0 Å². The lowest BCUT2D eigenvalue weighted by Gasteiger charge is -2.48. The molecule has 11 heteroatoms. The number of non-ortho nitro benzene ring substituents is 1. The molecule has 29 heavy (non-hydrogen) atoms. The number of rotatable bonds is 7. The molecule has 0 aromatic heterocycles. The zero-order valence-electron chi connectivity index (χ0n) is 15.1. The number of nitriles is 1. The van der Waals surface area contributed by atoms with Crippen LogP contribution in [0.1, 0.15) is 18.4 Å². The molecule has 9 nitrogen and oxygen atoms in total. The van der Waals surface area contributed by atoms with E-state index in [4.69, 9.17) is 22.2 Å². The third kappa shape index (κ3) is 4.55. The molecule has 0 spiro atoms. The van der Waals surface area contributed by atoms with Crippen molar-refractivity contribution in [3.05, 3.63) is 51.7 Å². The van der Waals surface area contributed by atoms with E-state index in [-0.39, 0.29) is 35.7 Å². The predicted octanol–water partition coefficient (Wildman–Crippen LogP) is 2.03. The third-order valence-corrected chi connectivity index (χ3v) is 5.86. The number of β-lactam (4-membered cyclic amide) rings is 1. The molecular formula is C18H16N4O5S2. The number of nitro groups is 1. The first-order valence-corrected chi connectivity index (χ1v) is 10.1. The van der Waals surface area contributed by atoms with Crippen molar-refractivity contribution in [3.8, 4) is 6.07 Å². The Morgan fingerprint density at radius 1 is 1.45 bits per heavy atom. The van der Waals surface area contributed by atoms with Crippen LogP contribution >= 0.6 is 24.0 Å². The molecule has 150 valence electrons. The van der Waals surface area contributed by atoms with E-state index in [1.165, 1.54) is 40.9 Å². The van der Waals surface area contributed by atoms with Crippen molar-refractivity contribution in [3.63, 3.8) is 0 Å². The number of nitrogens with zero attached hydrogens (tertiary/aromatic N) is 3. The number of thiocarbonyl (C=S) groups is 1. The SMILES string of the molecule is N#CCCC(=S)NC1C(=O)N2C(C(=O)OCc3ccc([N+](=O)[O-])cc3)=CCS[C@H]12. The van der Waals surface area contributed by atoms with Gasteiger partial charge < -0.3 is 10.1 Å². The molecule has 0 saturated carbocycles. The van der Waals surface area contributed by atoms with Crippen LogP contribution in [0.4, 0.5) is 5.69 Å². The van der Waals surface area contributed by atoms with E-state index >= 15 is 0 Å². The van der Waals surface area contributed by atoms with Crippen molar-refractivity contribution in [2.45, 2.75) is 30.9 Å². The predicted molar refractivity (Wildman–Crippen MR) is 108 cm³/mol. The number of fused-ring (bicyclic) bond motifs is 1. The lowest BCUT2D eigenvalue weighted by Crippen LogP contribution is -2.70. The molecule has 2 atom stereocenters. The molecule has 2 aliphatic heterocycles. The summed E-state index contributed by atoms with van der Waals surface area (Å²) in [7, 11) is 0. The number of hydrogen-bond acceptors (Lipinski definition) is 8. The van der Waals surface area contributed by atoms with Crippen LogP contribution in [-0.2, 0) is 20.9 Å². The quantitative estimate of drug-likeness (QED) is 0.226. The Morgan fingerprint density at radius 3 is 2.83 bits per heavy atom. The van der Waals surface area contributed by atoms with Gasteiger partial charge in [0.1, 0.15) is 23.7 Å². The molecule has 1 aromatic rings. The first kappa shape index (κ1) is 20.8. The number of thioether (sulfide) groups is 1. The standard InChI is InChI=1S/C18H16N4O5S2/c19-8-1-2-14(28)20-15-16(23)21-13(7-9-29-17(15)21)18(24)27-10-11-3-5-12(6-4-11)22(25)26/h3-7,15,17H,1-2,9-10H2,(H,20,28)/t15?,17-/m1/s1. The first-order chi connectivity index (χ1) is 13.9. The molecule has 2 heterocycles. The number of carbonyl (C=O) groups is 2. The maximum Gasteiger partial charge on any atom is 0.355 e. The van der Waals surface area contributed by atoms with Gasteiger partial charge in [0.25, 0.3) is 11.6 Å². The fourth-order valence-corrected chi connectivity index (χ4v) is 4.30. The van der Waals surface area contributed by atoms with Crippen molar-refractivity contribution in [2.75, 3.05) is 5.75 Å². The van der Waals surface area contributed by atoms with Gasteiger partial charge in [-0.3, -0.25) is 19.8 Å². The Kier molecular flexibility index (Phi) is 6.46. The Balaban J connectivity index is 1.57. The van der Waals surface area contributed by atoms with Crippen LogP contribution < -0.4 is 5.32 Å². The summed E-state index contributed by atoms with van der Waals surface area (Å²) in [5.74, 6) is -0.368. The van der Waals surface area contributed by atoms with Crippen LogP contribution in [0.15, 0.2) is 36.0 Å². The molecule has 1 saturated heterocycles. The van der Waals surface area contributed by atoms with E-state index in [9.17, 15) is 19.7 Å². The smallest absolute Gasteiger partial charge is 0.355 e. The summed E-state index contributed by atoms with van der Waals surface area (Å²) in [5.41, 5.74) is 0.734. The lowest BCUT2D eigenvalue weighted by atomic mass is 10.0. The average molecular weight is 432 g/mol. The summed E-state index contributed by atoms with van der Waals surface area (Å²) in [5, 5.41) is 22.0. The number of ether oxygens (including phenoxy) is 1. The van der Waals surface area contributed by atoms with Gasteiger partial charge in [-0.15, -0.1) is 11.8 Å². The molecule has 1 unspecified atom stereocenters. The maximum absolute atomic E-state index is 12.5. The summed E-state index contributed by atoms with van der Waals surface area (Å²) >= 11 is 6.65. The highest BCUT2D eigenvalue weighted by Crippen LogP contribution is 2.38. The Labute approximate surface area is 175 Å².